The fraction of sp³-hybridized carbons (Fsp3) is 0.429. The third-order valence-electron chi connectivity index (χ3n) is 3.05. The van der Waals surface area contributed by atoms with Crippen LogP contribution >= 0.6 is 0 Å². The minimum absolute atomic E-state index is 0.877. The van der Waals surface area contributed by atoms with Gasteiger partial charge in [-0.1, -0.05) is 42.0 Å². The molecule has 0 saturated carbocycles. The van der Waals surface area contributed by atoms with E-state index in [9.17, 15) is 0 Å². The second-order valence-electron chi connectivity index (χ2n) is 4.39. The zero-order valence-corrected chi connectivity index (χ0v) is 8.87. The predicted octanol–water partition coefficient (Wildman–Crippen LogP) is 3.98. The molecule has 0 heterocycles. The van der Waals surface area contributed by atoms with E-state index in [4.69, 9.17) is 0 Å². The van der Waals surface area contributed by atoms with Crippen LogP contribution in [0.4, 0.5) is 0 Å². The van der Waals surface area contributed by atoms with E-state index in [0.29, 0.717) is 0 Å². The van der Waals surface area contributed by atoms with Gasteiger partial charge in [0.05, 0.1) is 0 Å². The molecule has 0 bridgehead atoms. The van der Waals surface area contributed by atoms with Crippen LogP contribution in [0.15, 0.2) is 42.0 Å². The zero-order valence-electron chi connectivity index (χ0n) is 8.87. The van der Waals surface area contributed by atoms with Crippen LogP contribution in [-0.2, 0) is 6.42 Å². The van der Waals surface area contributed by atoms with E-state index >= 15 is 0 Å². The van der Waals surface area contributed by atoms with Crippen LogP contribution in [0.5, 0.6) is 0 Å². The van der Waals surface area contributed by atoms with Crippen LogP contribution < -0.4 is 0 Å². The first-order valence-electron chi connectivity index (χ1n) is 5.54. The summed E-state index contributed by atoms with van der Waals surface area (Å²) in [7, 11) is 0. The van der Waals surface area contributed by atoms with E-state index in [2.05, 4.69) is 43.3 Å². The average Bonchev–Trinajstić information content (AvgIpc) is 2.19. The topological polar surface area (TPSA) is 0 Å². The lowest BCUT2D eigenvalue weighted by Crippen LogP contribution is -2.08. The second-order valence-corrected chi connectivity index (χ2v) is 4.39. The van der Waals surface area contributed by atoms with Gasteiger partial charge in [-0.3, -0.25) is 0 Å². The molecule has 14 heavy (non-hydrogen) atoms. The van der Waals surface area contributed by atoms with Gasteiger partial charge in [-0.15, -0.1) is 0 Å². The normalized spacial score (nSPS) is 21.8. The number of hydrogen-bond donors (Lipinski definition) is 0. The Balaban J connectivity index is 1.96. The predicted molar refractivity (Wildman–Crippen MR) is 61.2 cm³/mol. The molecule has 0 saturated heterocycles. The summed E-state index contributed by atoms with van der Waals surface area (Å²) in [4.78, 5) is 0. The van der Waals surface area contributed by atoms with Crippen molar-refractivity contribution in [1.82, 2.24) is 0 Å². The number of rotatable bonds is 2. The van der Waals surface area contributed by atoms with Gasteiger partial charge >= 0.3 is 0 Å². The summed E-state index contributed by atoms with van der Waals surface area (Å²) in [6.45, 7) is 2.26. The molecular weight excluding hydrogens is 168 g/mol. The van der Waals surface area contributed by atoms with Gasteiger partial charge in [-0.05, 0) is 44.1 Å². The van der Waals surface area contributed by atoms with Crippen molar-refractivity contribution >= 4 is 0 Å². The molecule has 0 amide bonds. The molecule has 1 unspecified atom stereocenters. The lowest BCUT2D eigenvalue weighted by Gasteiger charge is -2.20. The smallest absolute Gasteiger partial charge is 0.0247 e. The Bertz CT molecular complexity index is 308. The third kappa shape index (κ3) is 2.47. The molecule has 1 aromatic carbocycles. The number of allylic oxidation sites excluding steroid dienone is 2. The summed E-state index contributed by atoms with van der Waals surface area (Å²) < 4.78 is 0. The van der Waals surface area contributed by atoms with Gasteiger partial charge in [0.1, 0.15) is 0 Å². The van der Waals surface area contributed by atoms with E-state index in [0.717, 1.165) is 5.92 Å². The molecule has 1 aromatic rings. The SMILES string of the molecule is CC1=CCCC(Cc2ccccc2)C1. The summed E-state index contributed by atoms with van der Waals surface area (Å²) in [6, 6.07) is 10.9. The Hall–Kier alpha value is -1.04. The van der Waals surface area contributed by atoms with Crippen LogP contribution in [0.3, 0.4) is 0 Å². The number of hydrogen-bond acceptors (Lipinski definition) is 0. The molecule has 0 N–H and O–H groups in total. The van der Waals surface area contributed by atoms with E-state index in [1.165, 1.54) is 31.2 Å². The maximum Gasteiger partial charge on any atom is -0.0247 e. The van der Waals surface area contributed by atoms with Crippen molar-refractivity contribution in [3.63, 3.8) is 0 Å². The summed E-state index contributed by atoms with van der Waals surface area (Å²) >= 11 is 0. The Morgan fingerprint density at radius 1 is 1.21 bits per heavy atom. The molecule has 2 rings (SSSR count). The van der Waals surface area contributed by atoms with Gasteiger partial charge < -0.3 is 0 Å². The molecule has 1 aliphatic rings. The summed E-state index contributed by atoms with van der Waals surface area (Å²) in [5, 5.41) is 0. The van der Waals surface area contributed by atoms with Crippen molar-refractivity contribution in [3.8, 4) is 0 Å². The maximum atomic E-state index is 2.39. The second kappa shape index (κ2) is 4.45. The standard InChI is InChI=1S/C14H18/c1-12-6-5-9-14(10-12)11-13-7-3-2-4-8-13/h2-4,6-8,14H,5,9-11H2,1H3. The molecule has 0 nitrogen and oxygen atoms in total. The Morgan fingerprint density at radius 2 is 2.00 bits per heavy atom. The summed E-state index contributed by atoms with van der Waals surface area (Å²) in [6.07, 6.45) is 7.60. The highest BCUT2D eigenvalue weighted by Gasteiger charge is 2.13. The monoisotopic (exact) mass is 186 g/mol. The zero-order chi connectivity index (χ0) is 9.80. The van der Waals surface area contributed by atoms with Gasteiger partial charge in [0.2, 0.25) is 0 Å². The summed E-state index contributed by atoms with van der Waals surface area (Å²) in [5.41, 5.74) is 3.07. The molecular formula is C14H18. The van der Waals surface area contributed by atoms with Crippen LogP contribution in [0.2, 0.25) is 0 Å². The molecule has 0 heteroatoms. The van der Waals surface area contributed by atoms with Gasteiger partial charge in [0.25, 0.3) is 0 Å². The third-order valence-corrected chi connectivity index (χ3v) is 3.05. The minimum Gasteiger partial charge on any atom is -0.0856 e. The minimum atomic E-state index is 0.877. The Labute approximate surface area is 86.7 Å². The van der Waals surface area contributed by atoms with Crippen LogP contribution in [0.1, 0.15) is 31.7 Å². The van der Waals surface area contributed by atoms with Crippen molar-refractivity contribution in [2.24, 2.45) is 5.92 Å². The Morgan fingerprint density at radius 3 is 2.71 bits per heavy atom. The molecule has 0 radical (unpaired) electrons. The molecule has 0 fully saturated rings. The molecule has 0 aliphatic heterocycles. The van der Waals surface area contributed by atoms with E-state index in [1.54, 1.807) is 5.57 Å². The fourth-order valence-corrected chi connectivity index (χ4v) is 2.33. The van der Waals surface area contributed by atoms with Crippen LogP contribution in [0, 0.1) is 5.92 Å². The van der Waals surface area contributed by atoms with Crippen molar-refractivity contribution in [3.05, 3.63) is 47.5 Å². The highest BCUT2D eigenvalue weighted by molar-refractivity contribution is 5.16. The first kappa shape index (κ1) is 9.51. The van der Waals surface area contributed by atoms with E-state index in [-0.39, 0.29) is 0 Å². The van der Waals surface area contributed by atoms with Crippen LogP contribution in [0.25, 0.3) is 0 Å². The van der Waals surface area contributed by atoms with Crippen molar-refractivity contribution < 1.29 is 0 Å². The highest BCUT2D eigenvalue weighted by atomic mass is 14.2. The highest BCUT2D eigenvalue weighted by Crippen LogP contribution is 2.26. The van der Waals surface area contributed by atoms with E-state index in [1.807, 2.05) is 0 Å². The first-order valence-corrected chi connectivity index (χ1v) is 5.54. The average molecular weight is 186 g/mol. The largest absolute Gasteiger partial charge is 0.0856 e. The van der Waals surface area contributed by atoms with Crippen molar-refractivity contribution in [2.45, 2.75) is 32.6 Å². The fourth-order valence-electron chi connectivity index (χ4n) is 2.33. The maximum absolute atomic E-state index is 2.39. The van der Waals surface area contributed by atoms with Crippen LogP contribution in [-0.4, -0.2) is 0 Å². The molecule has 1 atom stereocenters. The molecule has 0 spiro atoms. The summed E-state index contributed by atoms with van der Waals surface area (Å²) in [5.74, 6) is 0.877. The quantitative estimate of drug-likeness (QED) is 0.613. The van der Waals surface area contributed by atoms with Gasteiger partial charge in [-0.25, -0.2) is 0 Å². The molecule has 0 aromatic heterocycles. The van der Waals surface area contributed by atoms with Gasteiger partial charge in [-0.2, -0.15) is 0 Å². The Kier molecular flexibility index (Phi) is 3.03. The van der Waals surface area contributed by atoms with E-state index < -0.39 is 0 Å². The molecule has 74 valence electrons. The number of benzene rings is 1. The first-order chi connectivity index (χ1) is 6.84. The lowest BCUT2D eigenvalue weighted by atomic mass is 9.85. The lowest BCUT2D eigenvalue weighted by molar-refractivity contribution is 0.463. The molecule has 1 aliphatic carbocycles. The van der Waals surface area contributed by atoms with Gasteiger partial charge in [0.15, 0.2) is 0 Å². The van der Waals surface area contributed by atoms with Crippen molar-refractivity contribution in [2.75, 3.05) is 0 Å². The van der Waals surface area contributed by atoms with Crippen molar-refractivity contribution in [1.29, 1.82) is 0 Å². The van der Waals surface area contributed by atoms with Gasteiger partial charge in [0, 0.05) is 0 Å².